The minimum atomic E-state index is -0.139. The van der Waals surface area contributed by atoms with Gasteiger partial charge in [0.2, 0.25) is 5.78 Å². The van der Waals surface area contributed by atoms with Crippen molar-refractivity contribution in [1.82, 2.24) is 0 Å². The van der Waals surface area contributed by atoms with Crippen LogP contribution in [0.5, 0.6) is 0 Å². The van der Waals surface area contributed by atoms with Gasteiger partial charge in [-0.05, 0) is 35.7 Å². The number of halogens is 1. The van der Waals surface area contributed by atoms with Gasteiger partial charge in [-0.3, -0.25) is 4.79 Å². The SMILES string of the molecule is CCCc1ccc(C(=O)c2ccc(Cl)o2)cc1. The standard InChI is InChI=1S/C14H13ClO2/c1-2-3-10-4-6-11(7-5-10)14(16)12-8-9-13(15)17-12/h4-9H,2-3H2,1H3. The number of furan rings is 1. The average Bonchev–Trinajstić information content (AvgIpc) is 2.76. The molecule has 88 valence electrons. The fourth-order valence-electron chi connectivity index (χ4n) is 1.69. The summed E-state index contributed by atoms with van der Waals surface area (Å²) in [6, 6.07) is 10.8. The lowest BCUT2D eigenvalue weighted by Gasteiger charge is -2.00. The topological polar surface area (TPSA) is 30.2 Å². The Bertz CT molecular complexity index is 511. The lowest BCUT2D eigenvalue weighted by Crippen LogP contribution is -1.99. The van der Waals surface area contributed by atoms with Crippen LogP contribution in [0, 0.1) is 0 Å². The molecule has 0 fully saturated rings. The molecule has 0 atom stereocenters. The van der Waals surface area contributed by atoms with E-state index in [0.29, 0.717) is 5.56 Å². The normalized spacial score (nSPS) is 10.5. The molecule has 0 N–H and O–H groups in total. The third-order valence-corrected chi connectivity index (χ3v) is 2.75. The van der Waals surface area contributed by atoms with Crippen molar-refractivity contribution in [2.45, 2.75) is 19.8 Å². The van der Waals surface area contributed by atoms with Crippen molar-refractivity contribution in [3.63, 3.8) is 0 Å². The first-order valence-corrected chi connectivity index (χ1v) is 5.97. The molecule has 2 aromatic rings. The van der Waals surface area contributed by atoms with Crippen LogP contribution in [0.4, 0.5) is 0 Å². The highest BCUT2D eigenvalue weighted by molar-refractivity contribution is 6.29. The number of benzene rings is 1. The van der Waals surface area contributed by atoms with Crippen LogP contribution in [0.1, 0.15) is 35.0 Å². The molecular formula is C14H13ClO2. The highest BCUT2D eigenvalue weighted by Crippen LogP contribution is 2.17. The van der Waals surface area contributed by atoms with E-state index in [2.05, 4.69) is 6.92 Å². The third-order valence-electron chi connectivity index (χ3n) is 2.55. The fourth-order valence-corrected chi connectivity index (χ4v) is 1.84. The number of rotatable bonds is 4. The van der Waals surface area contributed by atoms with Gasteiger partial charge < -0.3 is 4.42 Å². The largest absolute Gasteiger partial charge is 0.441 e. The van der Waals surface area contributed by atoms with Crippen molar-refractivity contribution >= 4 is 17.4 Å². The highest BCUT2D eigenvalue weighted by atomic mass is 35.5. The summed E-state index contributed by atoms with van der Waals surface area (Å²) in [4.78, 5) is 12.0. The summed E-state index contributed by atoms with van der Waals surface area (Å²) in [6.07, 6.45) is 2.13. The van der Waals surface area contributed by atoms with Gasteiger partial charge in [-0.1, -0.05) is 37.6 Å². The first kappa shape index (κ1) is 11.9. The van der Waals surface area contributed by atoms with Gasteiger partial charge in [0.15, 0.2) is 11.0 Å². The van der Waals surface area contributed by atoms with E-state index in [4.69, 9.17) is 16.0 Å². The lowest BCUT2D eigenvalue weighted by molar-refractivity contribution is 0.101. The summed E-state index contributed by atoms with van der Waals surface area (Å²) in [5.41, 5.74) is 1.86. The molecule has 2 nitrogen and oxygen atoms in total. The number of hydrogen-bond acceptors (Lipinski definition) is 2. The highest BCUT2D eigenvalue weighted by Gasteiger charge is 2.12. The molecule has 0 amide bonds. The van der Waals surface area contributed by atoms with Crippen molar-refractivity contribution in [2.24, 2.45) is 0 Å². The molecule has 0 radical (unpaired) electrons. The quantitative estimate of drug-likeness (QED) is 0.762. The zero-order valence-electron chi connectivity index (χ0n) is 9.57. The molecule has 0 bridgehead atoms. The summed E-state index contributed by atoms with van der Waals surface area (Å²) in [6.45, 7) is 2.13. The lowest BCUT2D eigenvalue weighted by atomic mass is 10.0. The molecule has 0 unspecified atom stereocenters. The number of ketones is 1. The monoisotopic (exact) mass is 248 g/mol. The second kappa shape index (κ2) is 5.19. The maximum Gasteiger partial charge on any atom is 0.228 e. The van der Waals surface area contributed by atoms with Crippen LogP contribution in [0.25, 0.3) is 0 Å². The van der Waals surface area contributed by atoms with Crippen LogP contribution in [-0.4, -0.2) is 5.78 Å². The Labute approximate surface area is 105 Å². The molecule has 1 aromatic heterocycles. The van der Waals surface area contributed by atoms with Gasteiger partial charge in [0.25, 0.3) is 0 Å². The second-order valence-corrected chi connectivity index (χ2v) is 4.25. The van der Waals surface area contributed by atoms with Gasteiger partial charge >= 0.3 is 0 Å². The summed E-state index contributed by atoms with van der Waals surface area (Å²) >= 11 is 5.64. The van der Waals surface area contributed by atoms with Crippen molar-refractivity contribution in [3.05, 3.63) is 58.5 Å². The Morgan fingerprint density at radius 3 is 2.41 bits per heavy atom. The molecule has 1 heterocycles. The molecule has 0 aliphatic heterocycles. The van der Waals surface area contributed by atoms with Gasteiger partial charge in [-0.15, -0.1) is 0 Å². The van der Waals surface area contributed by atoms with E-state index in [1.54, 1.807) is 12.1 Å². The minimum absolute atomic E-state index is 0.139. The molecule has 0 spiro atoms. The molecule has 0 aliphatic carbocycles. The summed E-state index contributed by atoms with van der Waals surface area (Å²) in [5.74, 6) is 0.137. The summed E-state index contributed by atoms with van der Waals surface area (Å²) in [7, 11) is 0. The number of aryl methyl sites for hydroxylation is 1. The third kappa shape index (κ3) is 2.77. The van der Waals surface area contributed by atoms with E-state index in [1.807, 2.05) is 24.3 Å². The molecule has 0 saturated carbocycles. The van der Waals surface area contributed by atoms with Crippen molar-refractivity contribution < 1.29 is 9.21 Å². The first-order valence-electron chi connectivity index (χ1n) is 5.59. The van der Waals surface area contributed by atoms with Gasteiger partial charge in [0, 0.05) is 5.56 Å². The van der Waals surface area contributed by atoms with Crippen LogP contribution in [0.3, 0.4) is 0 Å². The smallest absolute Gasteiger partial charge is 0.228 e. The van der Waals surface area contributed by atoms with E-state index in [0.717, 1.165) is 12.8 Å². The van der Waals surface area contributed by atoms with E-state index in [9.17, 15) is 4.79 Å². The molecule has 2 rings (SSSR count). The molecule has 3 heteroatoms. The van der Waals surface area contributed by atoms with Crippen LogP contribution < -0.4 is 0 Å². The van der Waals surface area contributed by atoms with Crippen LogP contribution in [0.2, 0.25) is 5.22 Å². The fraction of sp³-hybridized carbons (Fsp3) is 0.214. The predicted octanol–water partition coefficient (Wildman–Crippen LogP) is 4.12. The van der Waals surface area contributed by atoms with E-state index in [1.165, 1.54) is 5.56 Å². The zero-order chi connectivity index (χ0) is 12.3. The molecule has 17 heavy (non-hydrogen) atoms. The number of carbonyl (C=O) groups excluding carboxylic acids is 1. The van der Waals surface area contributed by atoms with E-state index in [-0.39, 0.29) is 16.8 Å². The molecule has 0 aliphatic rings. The Hall–Kier alpha value is -1.54. The minimum Gasteiger partial charge on any atom is -0.441 e. The summed E-state index contributed by atoms with van der Waals surface area (Å²) in [5, 5.41) is 0.232. The average molecular weight is 249 g/mol. The van der Waals surface area contributed by atoms with Gasteiger partial charge in [0.05, 0.1) is 0 Å². The van der Waals surface area contributed by atoms with Crippen LogP contribution >= 0.6 is 11.6 Å². The van der Waals surface area contributed by atoms with Crippen molar-refractivity contribution in [2.75, 3.05) is 0 Å². The Kier molecular flexibility index (Phi) is 3.64. The maximum absolute atomic E-state index is 12.0. The Morgan fingerprint density at radius 2 is 1.88 bits per heavy atom. The Balaban J connectivity index is 2.20. The van der Waals surface area contributed by atoms with Gasteiger partial charge in [0.1, 0.15) is 0 Å². The molecule has 0 saturated heterocycles. The number of hydrogen-bond donors (Lipinski definition) is 0. The predicted molar refractivity (Wildman–Crippen MR) is 67.6 cm³/mol. The van der Waals surface area contributed by atoms with Gasteiger partial charge in [-0.25, -0.2) is 0 Å². The maximum atomic E-state index is 12.0. The molecule has 1 aromatic carbocycles. The van der Waals surface area contributed by atoms with E-state index < -0.39 is 0 Å². The van der Waals surface area contributed by atoms with Crippen LogP contribution in [0.15, 0.2) is 40.8 Å². The molecular weight excluding hydrogens is 236 g/mol. The Morgan fingerprint density at radius 1 is 1.18 bits per heavy atom. The van der Waals surface area contributed by atoms with Crippen molar-refractivity contribution in [1.29, 1.82) is 0 Å². The zero-order valence-corrected chi connectivity index (χ0v) is 10.3. The summed E-state index contributed by atoms with van der Waals surface area (Å²) < 4.78 is 5.09. The van der Waals surface area contributed by atoms with Crippen LogP contribution in [-0.2, 0) is 6.42 Å². The van der Waals surface area contributed by atoms with Gasteiger partial charge in [-0.2, -0.15) is 0 Å². The van der Waals surface area contributed by atoms with Crippen molar-refractivity contribution in [3.8, 4) is 0 Å². The number of carbonyl (C=O) groups is 1. The van der Waals surface area contributed by atoms with E-state index >= 15 is 0 Å². The second-order valence-electron chi connectivity index (χ2n) is 3.88. The first-order chi connectivity index (χ1) is 8.20.